The summed E-state index contributed by atoms with van der Waals surface area (Å²) >= 11 is 0. The minimum atomic E-state index is -0.841. The summed E-state index contributed by atoms with van der Waals surface area (Å²) in [7, 11) is 0. The van der Waals surface area contributed by atoms with Crippen LogP contribution in [0.15, 0.2) is 18.2 Å². The summed E-state index contributed by atoms with van der Waals surface area (Å²) in [6.07, 6.45) is 2.74. The standard InChI is InChI=1S/C22H27FN2O3/c1-13-5-6-14-9-15(23)7-8-16(14)25(13)19(28)22(4)11-20(2)10-21(3,12-22)18(27)24-17(20)26/h7-9,13H,5-6,10-12H2,1-4H3,(H,24,26,27). The molecule has 0 aromatic heterocycles. The summed E-state index contributed by atoms with van der Waals surface area (Å²) in [5.74, 6) is -0.959. The van der Waals surface area contributed by atoms with Gasteiger partial charge in [-0.15, -0.1) is 0 Å². The Morgan fingerprint density at radius 2 is 1.71 bits per heavy atom. The normalized spacial score (nSPS) is 37.3. The Balaban J connectivity index is 1.76. The molecule has 2 aliphatic heterocycles. The van der Waals surface area contributed by atoms with Crippen molar-refractivity contribution in [2.24, 2.45) is 16.2 Å². The predicted molar refractivity (Wildman–Crippen MR) is 103 cm³/mol. The van der Waals surface area contributed by atoms with Crippen LogP contribution in [-0.4, -0.2) is 23.8 Å². The van der Waals surface area contributed by atoms with Gasteiger partial charge in [-0.2, -0.15) is 0 Å². The Morgan fingerprint density at radius 1 is 1.11 bits per heavy atom. The van der Waals surface area contributed by atoms with E-state index in [-0.39, 0.29) is 29.6 Å². The number of benzene rings is 1. The van der Waals surface area contributed by atoms with Crippen molar-refractivity contribution in [1.82, 2.24) is 5.32 Å². The zero-order valence-corrected chi connectivity index (χ0v) is 16.9. The fourth-order valence-corrected chi connectivity index (χ4v) is 5.97. The van der Waals surface area contributed by atoms with Crippen LogP contribution in [-0.2, 0) is 20.8 Å². The first-order valence-electron chi connectivity index (χ1n) is 9.96. The maximum atomic E-state index is 13.9. The molecule has 6 heteroatoms. The van der Waals surface area contributed by atoms with Crippen LogP contribution in [0.25, 0.3) is 0 Å². The van der Waals surface area contributed by atoms with Gasteiger partial charge in [0.05, 0.1) is 0 Å². The molecule has 1 aromatic carbocycles. The fourth-order valence-electron chi connectivity index (χ4n) is 5.97. The third-order valence-electron chi connectivity index (χ3n) is 6.97. The van der Waals surface area contributed by atoms with Crippen LogP contribution in [0.3, 0.4) is 0 Å². The Hall–Kier alpha value is -2.24. The first kappa shape index (κ1) is 19.1. The van der Waals surface area contributed by atoms with Crippen molar-refractivity contribution in [3.8, 4) is 0 Å². The summed E-state index contributed by atoms with van der Waals surface area (Å²) in [5.41, 5.74) is -0.774. The molecule has 3 unspecified atom stereocenters. The number of piperidine rings is 1. The summed E-state index contributed by atoms with van der Waals surface area (Å²) in [6, 6.07) is 4.54. The summed E-state index contributed by atoms with van der Waals surface area (Å²) in [6.45, 7) is 7.57. The SMILES string of the molecule is CC1CCc2cc(F)ccc2N1C(=O)C1(C)CC2(C)CC(C)(C1)C(=O)NC2=O. The minimum Gasteiger partial charge on any atom is -0.309 e. The van der Waals surface area contributed by atoms with Crippen molar-refractivity contribution < 1.29 is 18.8 Å². The van der Waals surface area contributed by atoms with Crippen LogP contribution in [0.5, 0.6) is 0 Å². The monoisotopic (exact) mass is 386 g/mol. The van der Waals surface area contributed by atoms with Gasteiger partial charge in [0.2, 0.25) is 17.7 Å². The van der Waals surface area contributed by atoms with Gasteiger partial charge in [-0.1, -0.05) is 20.8 Å². The molecule has 3 aliphatic rings. The lowest BCUT2D eigenvalue weighted by Gasteiger charge is -2.54. The quantitative estimate of drug-likeness (QED) is 0.753. The van der Waals surface area contributed by atoms with E-state index in [1.54, 1.807) is 11.0 Å². The number of nitrogens with zero attached hydrogens (tertiary/aromatic N) is 1. The Labute approximate surface area is 164 Å². The third-order valence-corrected chi connectivity index (χ3v) is 6.97. The second kappa shape index (κ2) is 5.88. The van der Waals surface area contributed by atoms with E-state index >= 15 is 0 Å². The maximum absolute atomic E-state index is 13.9. The number of anilines is 1. The van der Waals surface area contributed by atoms with Crippen molar-refractivity contribution in [3.05, 3.63) is 29.6 Å². The number of imide groups is 1. The van der Waals surface area contributed by atoms with Gasteiger partial charge >= 0.3 is 0 Å². The smallest absolute Gasteiger partial charge is 0.233 e. The average Bonchev–Trinajstić information content (AvgIpc) is 2.59. The highest BCUT2D eigenvalue weighted by Crippen LogP contribution is 2.57. The molecule has 0 spiro atoms. The molecule has 0 radical (unpaired) electrons. The van der Waals surface area contributed by atoms with Gasteiger partial charge in [0.1, 0.15) is 5.82 Å². The van der Waals surface area contributed by atoms with E-state index in [2.05, 4.69) is 5.32 Å². The predicted octanol–water partition coefficient (Wildman–Crippen LogP) is 3.35. The molecular weight excluding hydrogens is 359 g/mol. The van der Waals surface area contributed by atoms with Crippen molar-refractivity contribution >= 4 is 23.4 Å². The van der Waals surface area contributed by atoms with Gasteiger partial charge in [0.25, 0.3) is 0 Å². The lowest BCUT2D eigenvalue weighted by molar-refractivity contribution is -0.163. The topological polar surface area (TPSA) is 66.5 Å². The maximum Gasteiger partial charge on any atom is 0.233 e. The molecule has 28 heavy (non-hydrogen) atoms. The number of carbonyl (C=O) groups is 3. The highest BCUT2D eigenvalue weighted by Gasteiger charge is 2.61. The van der Waals surface area contributed by atoms with Crippen LogP contribution < -0.4 is 10.2 Å². The molecule has 2 heterocycles. The first-order valence-corrected chi connectivity index (χ1v) is 9.96. The number of rotatable bonds is 1. The largest absolute Gasteiger partial charge is 0.309 e. The summed E-state index contributed by atoms with van der Waals surface area (Å²) < 4.78 is 13.7. The summed E-state index contributed by atoms with van der Waals surface area (Å²) in [5, 5.41) is 2.50. The highest BCUT2D eigenvalue weighted by molar-refractivity contribution is 6.06. The van der Waals surface area contributed by atoms with E-state index in [0.717, 1.165) is 24.1 Å². The van der Waals surface area contributed by atoms with Crippen LogP contribution in [0.1, 0.15) is 58.9 Å². The number of amides is 3. The van der Waals surface area contributed by atoms with Crippen molar-refractivity contribution in [2.75, 3.05) is 4.90 Å². The Kier molecular flexibility index (Phi) is 4.01. The Bertz CT molecular complexity index is 870. The summed E-state index contributed by atoms with van der Waals surface area (Å²) in [4.78, 5) is 40.8. The second-order valence-electron chi connectivity index (χ2n) is 9.83. The number of hydrogen-bond acceptors (Lipinski definition) is 3. The van der Waals surface area contributed by atoms with Gasteiger partial charge in [-0.25, -0.2) is 4.39 Å². The number of aryl methyl sites for hydroxylation is 1. The Morgan fingerprint density at radius 3 is 2.32 bits per heavy atom. The highest BCUT2D eigenvalue weighted by atomic mass is 19.1. The molecule has 5 nitrogen and oxygen atoms in total. The van der Waals surface area contributed by atoms with Gasteiger partial charge < -0.3 is 4.90 Å². The molecule has 1 aliphatic carbocycles. The van der Waals surface area contributed by atoms with Gasteiger partial charge in [-0.3, -0.25) is 19.7 Å². The molecule has 3 amide bonds. The van der Waals surface area contributed by atoms with Crippen LogP contribution in [0, 0.1) is 22.1 Å². The molecule has 1 aromatic rings. The number of carbonyl (C=O) groups excluding carboxylic acids is 3. The number of halogens is 1. The average molecular weight is 386 g/mol. The molecule has 2 fully saturated rings. The zero-order valence-electron chi connectivity index (χ0n) is 16.9. The lowest BCUT2D eigenvalue weighted by atomic mass is 9.52. The van der Waals surface area contributed by atoms with E-state index in [9.17, 15) is 18.8 Å². The lowest BCUT2D eigenvalue weighted by Crippen LogP contribution is -2.64. The fraction of sp³-hybridized carbons (Fsp3) is 0.591. The number of fused-ring (bicyclic) bond motifs is 3. The third kappa shape index (κ3) is 2.68. The van der Waals surface area contributed by atoms with E-state index in [4.69, 9.17) is 0 Å². The van der Waals surface area contributed by atoms with Gasteiger partial charge in [-0.05, 0) is 62.8 Å². The number of nitrogens with one attached hydrogen (secondary N) is 1. The van der Waals surface area contributed by atoms with Gasteiger partial charge in [0, 0.05) is 28.0 Å². The van der Waals surface area contributed by atoms with Crippen molar-refractivity contribution in [2.45, 2.75) is 65.8 Å². The van der Waals surface area contributed by atoms with E-state index in [1.807, 2.05) is 27.7 Å². The zero-order chi connectivity index (χ0) is 20.5. The van der Waals surface area contributed by atoms with Crippen molar-refractivity contribution in [3.63, 3.8) is 0 Å². The van der Waals surface area contributed by atoms with E-state index in [0.29, 0.717) is 19.3 Å². The molecule has 4 rings (SSSR count). The second-order valence-corrected chi connectivity index (χ2v) is 9.83. The van der Waals surface area contributed by atoms with Crippen LogP contribution in [0.2, 0.25) is 0 Å². The van der Waals surface area contributed by atoms with E-state index < -0.39 is 16.2 Å². The number of hydrogen-bond donors (Lipinski definition) is 1. The van der Waals surface area contributed by atoms with Gasteiger partial charge in [0.15, 0.2) is 0 Å². The molecular formula is C22H27FN2O3. The first-order chi connectivity index (χ1) is 13.0. The minimum absolute atomic E-state index is 0.0193. The molecule has 2 bridgehead atoms. The molecule has 150 valence electrons. The molecule has 3 atom stereocenters. The van der Waals surface area contributed by atoms with Crippen LogP contribution >= 0.6 is 0 Å². The van der Waals surface area contributed by atoms with Crippen LogP contribution in [0.4, 0.5) is 10.1 Å². The molecule has 1 saturated carbocycles. The molecule has 1 saturated heterocycles. The van der Waals surface area contributed by atoms with Crippen molar-refractivity contribution in [1.29, 1.82) is 0 Å². The molecule has 1 N–H and O–H groups in total. The van der Waals surface area contributed by atoms with E-state index in [1.165, 1.54) is 12.1 Å².